The van der Waals surface area contributed by atoms with Crippen molar-refractivity contribution in [2.75, 3.05) is 31.6 Å². The van der Waals surface area contributed by atoms with Crippen molar-refractivity contribution in [3.63, 3.8) is 0 Å². The summed E-state index contributed by atoms with van der Waals surface area (Å²) in [5.41, 5.74) is 0. The zero-order chi connectivity index (χ0) is 16.8. The first kappa shape index (κ1) is 17.6. The number of halogens is 1. The molecule has 130 valence electrons. The summed E-state index contributed by atoms with van der Waals surface area (Å²) < 4.78 is 0.852. The van der Waals surface area contributed by atoms with Crippen LogP contribution < -0.4 is 15.5 Å². The van der Waals surface area contributed by atoms with Crippen molar-refractivity contribution in [1.29, 1.82) is 0 Å². The van der Waals surface area contributed by atoms with Crippen molar-refractivity contribution in [3.05, 3.63) is 38.9 Å². The molecule has 0 aromatic carbocycles. The normalized spacial score (nSPS) is 16.4. The van der Waals surface area contributed by atoms with Gasteiger partial charge in [-0.25, -0.2) is 0 Å². The van der Waals surface area contributed by atoms with Crippen LogP contribution in [0.4, 0.5) is 5.00 Å². The average Bonchev–Trinajstić information content (AvgIpc) is 3.26. The molecule has 1 aliphatic rings. The minimum absolute atomic E-state index is 0.489. The molecule has 0 atom stereocenters. The van der Waals surface area contributed by atoms with Gasteiger partial charge in [0.05, 0.1) is 9.34 Å². The maximum absolute atomic E-state index is 5.97. The summed E-state index contributed by atoms with van der Waals surface area (Å²) in [4.78, 5) is 8.12. The van der Waals surface area contributed by atoms with Crippen molar-refractivity contribution < 1.29 is 0 Å². The van der Waals surface area contributed by atoms with Crippen LogP contribution in [-0.2, 0) is 6.42 Å². The minimum Gasteiger partial charge on any atom is -0.363 e. The van der Waals surface area contributed by atoms with Crippen LogP contribution in [0.1, 0.15) is 17.7 Å². The fraction of sp³-hybridized carbons (Fsp3) is 0.471. The molecule has 1 saturated heterocycles. The molecule has 0 amide bonds. The van der Waals surface area contributed by atoms with Gasteiger partial charge in [0.15, 0.2) is 5.96 Å². The summed E-state index contributed by atoms with van der Waals surface area (Å²) in [6, 6.07) is 8.86. The van der Waals surface area contributed by atoms with Crippen LogP contribution >= 0.6 is 34.3 Å². The van der Waals surface area contributed by atoms with E-state index in [1.165, 1.54) is 9.88 Å². The predicted octanol–water partition coefficient (Wildman–Crippen LogP) is 3.84. The van der Waals surface area contributed by atoms with Gasteiger partial charge in [0.2, 0.25) is 0 Å². The first-order valence-electron chi connectivity index (χ1n) is 8.24. The quantitative estimate of drug-likeness (QED) is 0.609. The molecule has 0 bridgehead atoms. The van der Waals surface area contributed by atoms with Crippen LogP contribution in [0.2, 0.25) is 4.34 Å². The molecule has 4 nitrogen and oxygen atoms in total. The van der Waals surface area contributed by atoms with Crippen LogP contribution in [-0.4, -0.2) is 38.7 Å². The lowest BCUT2D eigenvalue weighted by Gasteiger charge is -2.33. The summed E-state index contributed by atoms with van der Waals surface area (Å²) in [7, 11) is 1.83. The van der Waals surface area contributed by atoms with Crippen molar-refractivity contribution >= 4 is 45.2 Å². The van der Waals surface area contributed by atoms with Gasteiger partial charge in [-0.15, -0.1) is 22.7 Å². The number of piperidine rings is 1. The number of hydrogen-bond acceptors (Lipinski definition) is 4. The third-order valence-electron chi connectivity index (χ3n) is 4.17. The molecule has 2 aromatic rings. The lowest BCUT2D eigenvalue weighted by molar-refractivity contribution is 0.463. The number of nitrogens with one attached hydrogen (secondary N) is 2. The highest BCUT2D eigenvalue weighted by Crippen LogP contribution is 2.25. The van der Waals surface area contributed by atoms with E-state index in [0.29, 0.717) is 6.04 Å². The van der Waals surface area contributed by atoms with Crippen molar-refractivity contribution in [3.8, 4) is 0 Å². The number of guanidine groups is 1. The smallest absolute Gasteiger partial charge is 0.191 e. The zero-order valence-corrected chi connectivity index (χ0v) is 16.2. The van der Waals surface area contributed by atoms with E-state index >= 15 is 0 Å². The molecule has 0 spiro atoms. The molecule has 0 radical (unpaired) electrons. The molecule has 2 aromatic heterocycles. The lowest BCUT2D eigenvalue weighted by atomic mass is 10.1. The molecule has 1 fully saturated rings. The number of anilines is 1. The topological polar surface area (TPSA) is 39.7 Å². The number of aliphatic imine (C=N–C) groups is 1. The Bertz CT molecular complexity index is 645. The first-order valence-corrected chi connectivity index (χ1v) is 10.3. The van der Waals surface area contributed by atoms with E-state index < -0.39 is 0 Å². The number of rotatable bonds is 5. The van der Waals surface area contributed by atoms with Crippen LogP contribution in [0.3, 0.4) is 0 Å². The van der Waals surface area contributed by atoms with Crippen LogP contribution in [0.5, 0.6) is 0 Å². The maximum Gasteiger partial charge on any atom is 0.191 e. The third-order valence-corrected chi connectivity index (χ3v) is 6.39. The Balaban J connectivity index is 1.39. The van der Waals surface area contributed by atoms with Crippen LogP contribution in [0.25, 0.3) is 0 Å². The predicted molar refractivity (Wildman–Crippen MR) is 107 cm³/mol. The summed E-state index contributed by atoms with van der Waals surface area (Å²) in [5.74, 6) is 0.896. The van der Waals surface area contributed by atoms with Gasteiger partial charge in [-0.1, -0.05) is 11.6 Å². The van der Waals surface area contributed by atoms with Gasteiger partial charge >= 0.3 is 0 Å². The Morgan fingerprint density at radius 3 is 2.79 bits per heavy atom. The first-order chi connectivity index (χ1) is 11.7. The fourth-order valence-electron chi connectivity index (χ4n) is 2.87. The number of nitrogens with zero attached hydrogens (tertiary/aromatic N) is 2. The van der Waals surface area contributed by atoms with Gasteiger partial charge < -0.3 is 15.5 Å². The number of hydrogen-bond donors (Lipinski definition) is 2. The summed E-state index contributed by atoms with van der Waals surface area (Å²) >= 11 is 9.43. The second-order valence-electron chi connectivity index (χ2n) is 5.81. The second kappa shape index (κ2) is 8.74. The molecule has 0 saturated carbocycles. The summed E-state index contributed by atoms with van der Waals surface area (Å²) in [6.45, 7) is 3.07. The molecule has 24 heavy (non-hydrogen) atoms. The molecule has 3 heterocycles. The van der Waals surface area contributed by atoms with Gasteiger partial charge in [0.25, 0.3) is 0 Å². The molecule has 3 rings (SSSR count). The summed E-state index contributed by atoms with van der Waals surface area (Å²) in [6.07, 6.45) is 3.24. The average molecular weight is 383 g/mol. The highest BCUT2D eigenvalue weighted by atomic mass is 35.5. The van der Waals surface area contributed by atoms with Crippen molar-refractivity contribution in [2.24, 2.45) is 4.99 Å². The SMILES string of the molecule is CN=C(NCCc1ccc(Cl)s1)NC1CCN(c2cccs2)CC1. The van der Waals surface area contributed by atoms with Crippen LogP contribution in [0, 0.1) is 0 Å². The van der Waals surface area contributed by atoms with Crippen molar-refractivity contribution in [1.82, 2.24) is 10.6 Å². The van der Waals surface area contributed by atoms with E-state index in [9.17, 15) is 0 Å². The highest BCUT2D eigenvalue weighted by Gasteiger charge is 2.20. The van der Waals surface area contributed by atoms with E-state index in [1.807, 2.05) is 24.5 Å². The van der Waals surface area contributed by atoms with E-state index in [0.717, 1.165) is 49.2 Å². The summed E-state index contributed by atoms with van der Waals surface area (Å²) in [5, 5.41) is 10.5. The van der Waals surface area contributed by atoms with Gasteiger partial charge in [0, 0.05) is 37.6 Å². The minimum atomic E-state index is 0.489. The van der Waals surface area contributed by atoms with Crippen LogP contribution in [0.15, 0.2) is 34.6 Å². The van der Waals surface area contributed by atoms with E-state index in [4.69, 9.17) is 11.6 Å². The van der Waals surface area contributed by atoms with E-state index in [2.05, 4.69) is 44.1 Å². The second-order valence-corrected chi connectivity index (χ2v) is 8.54. The van der Waals surface area contributed by atoms with Crippen molar-refractivity contribution in [2.45, 2.75) is 25.3 Å². The number of thiophene rings is 2. The Morgan fingerprint density at radius 1 is 1.33 bits per heavy atom. The maximum atomic E-state index is 5.97. The van der Waals surface area contributed by atoms with Gasteiger partial charge in [0.1, 0.15) is 0 Å². The molecular formula is C17H23ClN4S2. The zero-order valence-electron chi connectivity index (χ0n) is 13.8. The molecular weight excluding hydrogens is 360 g/mol. The monoisotopic (exact) mass is 382 g/mol. The Kier molecular flexibility index (Phi) is 6.40. The van der Waals surface area contributed by atoms with E-state index in [-0.39, 0.29) is 0 Å². The highest BCUT2D eigenvalue weighted by molar-refractivity contribution is 7.16. The third kappa shape index (κ3) is 4.88. The molecule has 7 heteroatoms. The Hall–Kier alpha value is -1.24. The van der Waals surface area contributed by atoms with Gasteiger partial charge in [-0.05, 0) is 48.9 Å². The molecule has 1 aliphatic heterocycles. The van der Waals surface area contributed by atoms with E-state index in [1.54, 1.807) is 11.3 Å². The van der Waals surface area contributed by atoms with Gasteiger partial charge in [-0.2, -0.15) is 0 Å². The largest absolute Gasteiger partial charge is 0.363 e. The molecule has 2 N–H and O–H groups in total. The molecule has 0 aliphatic carbocycles. The van der Waals surface area contributed by atoms with Gasteiger partial charge in [-0.3, -0.25) is 4.99 Å². The fourth-order valence-corrected chi connectivity index (χ4v) is 4.74. The Morgan fingerprint density at radius 2 is 2.17 bits per heavy atom. The lowest BCUT2D eigenvalue weighted by Crippen LogP contribution is -2.49. The Labute approximate surface area is 156 Å². The standard InChI is InChI=1S/C17H23ClN4S2/c1-19-17(20-9-6-14-4-5-15(18)24-14)21-13-7-10-22(11-8-13)16-3-2-12-23-16/h2-5,12-13H,6-11H2,1H3,(H2,19,20,21). The molecule has 0 unspecified atom stereocenters.